The van der Waals surface area contributed by atoms with Crippen LogP contribution in [0.2, 0.25) is 0 Å². The van der Waals surface area contributed by atoms with Crippen molar-refractivity contribution in [2.24, 2.45) is 0 Å². The largest absolute Gasteiger partial charge is 0.502 e. The van der Waals surface area contributed by atoms with Crippen molar-refractivity contribution in [2.45, 2.75) is 0 Å². The number of aromatic hydroxyl groups is 1. The van der Waals surface area contributed by atoms with Crippen LogP contribution in [-0.2, 0) is 9.23 Å². The van der Waals surface area contributed by atoms with Gasteiger partial charge in [0.25, 0.3) is 5.56 Å². The van der Waals surface area contributed by atoms with Gasteiger partial charge in [0.2, 0.25) is 9.23 Å². The molecule has 8 nitrogen and oxygen atoms in total. The van der Waals surface area contributed by atoms with Gasteiger partial charge in [0.15, 0.2) is 11.3 Å². The van der Waals surface area contributed by atoms with Crippen LogP contribution in [0.1, 0.15) is 0 Å². The topological polar surface area (TPSA) is 126 Å². The van der Waals surface area contributed by atoms with Gasteiger partial charge in [-0.05, 0) is 0 Å². The summed E-state index contributed by atoms with van der Waals surface area (Å²) >= 11 is 0. The number of hydrogen-bond donors (Lipinski definition) is 2. The molecule has 2 N–H and O–H groups in total. The van der Waals surface area contributed by atoms with Crippen molar-refractivity contribution in [1.29, 1.82) is 0 Å². The minimum Gasteiger partial charge on any atom is -0.502 e. The van der Waals surface area contributed by atoms with E-state index in [0.717, 1.165) is 12.1 Å². The van der Waals surface area contributed by atoms with Crippen molar-refractivity contribution in [1.82, 2.24) is 5.16 Å². The number of aromatic amines is 1. The number of nitro groups is 1. The molecule has 0 fully saturated rings. The highest BCUT2D eigenvalue weighted by atomic mass is 36.0. The number of nitrogens with one attached hydrogen (secondary N) is 1. The third-order valence-corrected chi connectivity index (χ3v) is 1.77. The molecule has 0 unspecified atom stereocenters. The van der Waals surface area contributed by atoms with Crippen molar-refractivity contribution >= 4 is 47.2 Å². The second-order valence-electron chi connectivity index (χ2n) is 2.81. The summed E-state index contributed by atoms with van der Waals surface area (Å²) in [5.74, 6) is -0.537. The molecule has 98 valence electrons. The Labute approximate surface area is 110 Å². The fourth-order valence-corrected chi connectivity index (χ4v) is 1.12. The van der Waals surface area contributed by atoms with E-state index in [9.17, 15) is 20.0 Å². The summed E-state index contributed by atoms with van der Waals surface area (Å²) in [6.07, 6.45) is 0. The van der Waals surface area contributed by atoms with E-state index in [4.69, 9.17) is 4.21 Å². The third kappa shape index (κ3) is 3.45. The van der Waals surface area contributed by atoms with Crippen molar-refractivity contribution in [2.75, 3.05) is 0 Å². The standard InChI is InChI=1S/C7H4N2O5.Cl2OS/c10-5-2-6-3(7(11)8-14-6)1-4(5)9(12)13;1-4(2)3/h1-2,10H,(H,8,11);. The van der Waals surface area contributed by atoms with E-state index in [1.54, 1.807) is 0 Å². The van der Waals surface area contributed by atoms with Gasteiger partial charge in [0, 0.05) is 33.5 Å². The molecule has 1 heterocycles. The Kier molecular flexibility index (Phi) is 4.70. The van der Waals surface area contributed by atoms with E-state index in [0.29, 0.717) is 0 Å². The smallest absolute Gasteiger partial charge is 0.311 e. The fourth-order valence-electron chi connectivity index (χ4n) is 1.12. The average Bonchev–Trinajstić information content (AvgIpc) is 2.57. The molecule has 11 heteroatoms. The van der Waals surface area contributed by atoms with Crippen LogP contribution in [0.25, 0.3) is 11.0 Å². The quantitative estimate of drug-likeness (QED) is 0.469. The van der Waals surface area contributed by atoms with Gasteiger partial charge in [-0.15, -0.1) is 0 Å². The highest BCUT2D eigenvalue weighted by molar-refractivity contribution is 8.26. The predicted molar refractivity (Wildman–Crippen MR) is 65.0 cm³/mol. The summed E-state index contributed by atoms with van der Waals surface area (Å²) in [7, 11) is 7.36. The summed E-state index contributed by atoms with van der Waals surface area (Å²) in [5.41, 5.74) is -1.01. The van der Waals surface area contributed by atoms with E-state index >= 15 is 0 Å². The molecule has 18 heavy (non-hydrogen) atoms. The molecule has 0 amide bonds. The van der Waals surface area contributed by atoms with Crippen LogP contribution in [-0.4, -0.2) is 19.4 Å². The van der Waals surface area contributed by atoms with Crippen LogP contribution < -0.4 is 5.56 Å². The zero-order valence-corrected chi connectivity index (χ0v) is 10.6. The summed E-state index contributed by atoms with van der Waals surface area (Å²) < 4.78 is 13.7. The molecule has 0 saturated heterocycles. The zero-order valence-electron chi connectivity index (χ0n) is 8.25. The van der Waals surface area contributed by atoms with Crippen molar-refractivity contribution in [3.63, 3.8) is 0 Å². The number of nitrogens with zero attached hydrogens (tertiary/aromatic N) is 1. The molecule has 0 atom stereocenters. The van der Waals surface area contributed by atoms with Crippen LogP contribution >= 0.6 is 21.4 Å². The number of H-pyrrole nitrogens is 1. The van der Waals surface area contributed by atoms with Crippen molar-refractivity contribution in [3.05, 3.63) is 32.6 Å². The van der Waals surface area contributed by atoms with Gasteiger partial charge >= 0.3 is 5.69 Å². The first-order valence-corrected chi connectivity index (χ1v) is 6.86. The Morgan fingerprint density at radius 3 is 2.50 bits per heavy atom. The average molecular weight is 315 g/mol. The van der Waals surface area contributed by atoms with Crippen LogP contribution in [0.3, 0.4) is 0 Å². The first-order valence-electron chi connectivity index (χ1n) is 4.05. The maximum absolute atomic E-state index is 11.0. The van der Waals surface area contributed by atoms with Gasteiger partial charge in [-0.2, -0.15) is 5.16 Å². The normalized spacial score (nSPS) is 10.2. The molecule has 0 bridgehead atoms. The molecule has 0 saturated carbocycles. The minimum absolute atomic E-state index is 0.0366. The molecular formula is C7H4Cl2N2O6S. The lowest BCUT2D eigenvalue weighted by molar-refractivity contribution is -0.385. The SMILES string of the molecule is O=S(Cl)Cl.O=c1[nH]oc2cc(O)c([N+](=O)[O-])cc12. The van der Waals surface area contributed by atoms with Gasteiger partial charge < -0.3 is 9.63 Å². The van der Waals surface area contributed by atoms with E-state index < -0.39 is 31.1 Å². The lowest BCUT2D eigenvalue weighted by Crippen LogP contribution is -1.97. The maximum Gasteiger partial charge on any atom is 0.311 e. The Hall–Kier alpha value is -1.58. The molecule has 0 aliphatic rings. The van der Waals surface area contributed by atoms with Crippen molar-refractivity contribution < 1.29 is 18.8 Å². The predicted octanol–water partition coefficient (Wildman–Crippen LogP) is 1.78. The monoisotopic (exact) mass is 314 g/mol. The molecule has 2 rings (SSSR count). The van der Waals surface area contributed by atoms with E-state index in [2.05, 4.69) is 25.9 Å². The van der Waals surface area contributed by atoms with Crippen LogP contribution in [0, 0.1) is 10.1 Å². The molecule has 0 radical (unpaired) electrons. The lowest BCUT2D eigenvalue weighted by Gasteiger charge is -1.93. The second-order valence-corrected chi connectivity index (χ2v) is 5.34. The maximum atomic E-state index is 11.0. The number of rotatable bonds is 1. The summed E-state index contributed by atoms with van der Waals surface area (Å²) in [6, 6.07) is 1.98. The summed E-state index contributed by atoms with van der Waals surface area (Å²) in [5, 5.41) is 21.6. The Balaban J connectivity index is 0.000000357. The van der Waals surface area contributed by atoms with Gasteiger partial charge in [-0.25, -0.2) is 4.21 Å². The summed E-state index contributed by atoms with van der Waals surface area (Å²) in [6.45, 7) is 0. The molecule has 1 aromatic heterocycles. The number of phenols is 1. The van der Waals surface area contributed by atoms with Gasteiger partial charge in [-0.1, -0.05) is 0 Å². The molecule has 1 aromatic carbocycles. The number of hydrogen-bond acceptors (Lipinski definition) is 6. The molecular weight excluding hydrogens is 311 g/mol. The first-order chi connectivity index (χ1) is 8.32. The minimum atomic E-state index is -1.67. The molecule has 0 aliphatic heterocycles. The zero-order chi connectivity index (χ0) is 13.9. The Morgan fingerprint density at radius 2 is 2.00 bits per heavy atom. The molecule has 0 aliphatic carbocycles. The summed E-state index contributed by atoms with van der Waals surface area (Å²) in [4.78, 5) is 20.6. The van der Waals surface area contributed by atoms with E-state index in [1.165, 1.54) is 0 Å². The number of nitro benzene ring substituents is 1. The van der Waals surface area contributed by atoms with E-state index in [-0.39, 0.29) is 11.0 Å². The van der Waals surface area contributed by atoms with Crippen LogP contribution in [0.4, 0.5) is 5.69 Å². The number of phenolic OH excluding ortho intramolecular Hbond substituents is 1. The van der Waals surface area contributed by atoms with Crippen molar-refractivity contribution in [3.8, 4) is 5.75 Å². The van der Waals surface area contributed by atoms with Gasteiger partial charge in [0.1, 0.15) is 0 Å². The fraction of sp³-hybridized carbons (Fsp3) is 0. The van der Waals surface area contributed by atoms with E-state index in [1.807, 2.05) is 5.16 Å². The number of aromatic nitrogens is 1. The number of benzene rings is 1. The molecule has 0 spiro atoms. The lowest BCUT2D eigenvalue weighted by atomic mass is 10.2. The Morgan fingerprint density at radius 1 is 1.44 bits per heavy atom. The molecule has 2 aromatic rings. The van der Waals surface area contributed by atoms with Gasteiger partial charge in [-0.3, -0.25) is 14.9 Å². The third-order valence-electron chi connectivity index (χ3n) is 1.77. The number of fused-ring (bicyclic) bond motifs is 1. The van der Waals surface area contributed by atoms with Crippen LogP contribution in [0.5, 0.6) is 5.75 Å². The second kappa shape index (κ2) is 5.85. The number of halogens is 2. The van der Waals surface area contributed by atoms with Crippen LogP contribution in [0.15, 0.2) is 21.5 Å². The Bertz CT molecular complexity index is 661. The highest BCUT2D eigenvalue weighted by Crippen LogP contribution is 2.29. The van der Waals surface area contributed by atoms with Gasteiger partial charge in [0.05, 0.1) is 10.3 Å². The first kappa shape index (κ1) is 14.5. The highest BCUT2D eigenvalue weighted by Gasteiger charge is 2.17.